The molecule has 0 aromatic heterocycles. The summed E-state index contributed by atoms with van der Waals surface area (Å²) < 4.78 is 0. The molecule has 0 saturated heterocycles. The standard InChI is InChI=1S/C28H35N3O8/c1-27(2,3)30-17(33)9-7-12-6-8-16(32)19-14(12)10-13-11-15-21(31(4)5)23(35)20(26(29)38)25(37)28(15,39)24(36)18(13)22(19)34/h6-9,13,15,18,20-21,23,32,35,39H,10-11H2,1-5H3,(H2,29,38)(H,30,33)/t13-,15-,18?,20?,21-,23?,28-/m1/s1. The van der Waals surface area contributed by atoms with Crippen molar-refractivity contribution >= 4 is 35.2 Å². The number of aliphatic hydroxyl groups is 2. The average molecular weight is 542 g/mol. The number of phenols is 1. The number of fused-ring (bicyclic) bond motifs is 3. The van der Waals surface area contributed by atoms with Gasteiger partial charge >= 0.3 is 0 Å². The van der Waals surface area contributed by atoms with E-state index in [0.29, 0.717) is 11.1 Å². The van der Waals surface area contributed by atoms with Gasteiger partial charge < -0.3 is 31.3 Å². The number of ketones is 3. The summed E-state index contributed by atoms with van der Waals surface area (Å²) in [6, 6.07) is 1.88. The Morgan fingerprint density at radius 2 is 1.79 bits per heavy atom. The van der Waals surface area contributed by atoms with E-state index in [1.165, 1.54) is 23.1 Å². The van der Waals surface area contributed by atoms with E-state index in [1.54, 1.807) is 20.2 Å². The highest BCUT2D eigenvalue weighted by atomic mass is 16.3. The zero-order valence-electron chi connectivity index (χ0n) is 22.6. The molecule has 2 amide bonds. The number of likely N-dealkylation sites (N-methyl/N-ethyl adjacent to an activating group) is 1. The summed E-state index contributed by atoms with van der Waals surface area (Å²) in [6.45, 7) is 5.50. The van der Waals surface area contributed by atoms with Crippen molar-refractivity contribution in [1.29, 1.82) is 0 Å². The Balaban J connectivity index is 1.79. The zero-order valence-corrected chi connectivity index (χ0v) is 22.6. The maximum Gasteiger partial charge on any atom is 0.244 e. The number of aromatic hydroxyl groups is 1. The number of nitrogens with two attached hydrogens (primary N) is 1. The molecule has 6 N–H and O–H groups in total. The first-order chi connectivity index (χ1) is 18.0. The molecule has 2 saturated carbocycles. The Morgan fingerprint density at radius 3 is 2.36 bits per heavy atom. The van der Waals surface area contributed by atoms with Gasteiger partial charge in [-0.3, -0.25) is 24.0 Å². The lowest BCUT2D eigenvalue weighted by Crippen LogP contribution is -2.75. The van der Waals surface area contributed by atoms with Crippen LogP contribution in [0.15, 0.2) is 18.2 Å². The molecule has 2 fully saturated rings. The van der Waals surface area contributed by atoms with E-state index in [4.69, 9.17) is 5.73 Å². The second-order valence-corrected chi connectivity index (χ2v) is 12.1. The van der Waals surface area contributed by atoms with E-state index in [0.717, 1.165) is 0 Å². The SMILES string of the molecule is CN(C)[C@H]1C(O)C(C(N)=O)C(=O)[C@]2(O)C(=O)C3C(=O)c4c(O)ccc(C=CC(=O)NC(C)(C)C)c4C[C@@H]3C[C@H]12. The summed E-state index contributed by atoms with van der Waals surface area (Å²) in [6.07, 6.45) is 1.44. The zero-order chi connectivity index (χ0) is 29.2. The molecule has 0 heterocycles. The third-order valence-electron chi connectivity index (χ3n) is 8.12. The highest BCUT2D eigenvalue weighted by Gasteiger charge is 2.69. The number of amides is 2. The van der Waals surface area contributed by atoms with Gasteiger partial charge in [0, 0.05) is 23.6 Å². The lowest BCUT2D eigenvalue weighted by Gasteiger charge is -2.54. The minimum absolute atomic E-state index is 0.0124. The molecule has 7 atom stereocenters. The van der Waals surface area contributed by atoms with Crippen LogP contribution in [0.4, 0.5) is 0 Å². The molecule has 210 valence electrons. The molecule has 0 aliphatic heterocycles. The van der Waals surface area contributed by atoms with Crippen LogP contribution in [0.1, 0.15) is 48.7 Å². The van der Waals surface area contributed by atoms with E-state index < -0.39 is 70.2 Å². The third kappa shape index (κ3) is 4.58. The van der Waals surface area contributed by atoms with Crippen LogP contribution < -0.4 is 11.1 Å². The molecule has 3 aliphatic carbocycles. The van der Waals surface area contributed by atoms with Gasteiger partial charge in [-0.15, -0.1) is 0 Å². The minimum atomic E-state index is -2.71. The van der Waals surface area contributed by atoms with Gasteiger partial charge in [0.1, 0.15) is 11.7 Å². The summed E-state index contributed by atoms with van der Waals surface area (Å²) >= 11 is 0. The second-order valence-electron chi connectivity index (χ2n) is 12.1. The van der Waals surface area contributed by atoms with Crippen molar-refractivity contribution < 1.29 is 39.3 Å². The fraction of sp³-hybridized carbons (Fsp3) is 0.536. The number of rotatable bonds is 4. The van der Waals surface area contributed by atoms with Crippen LogP contribution in [0.3, 0.4) is 0 Å². The van der Waals surface area contributed by atoms with Crippen molar-refractivity contribution in [2.45, 2.75) is 56.9 Å². The van der Waals surface area contributed by atoms with Crippen molar-refractivity contribution in [2.24, 2.45) is 29.4 Å². The lowest BCUT2D eigenvalue weighted by molar-refractivity contribution is -0.190. The summed E-state index contributed by atoms with van der Waals surface area (Å²) in [4.78, 5) is 66.9. The van der Waals surface area contributed by atoms with Crippen LogP contribution in [0.25, 0.3) is 6.08 Å². The number of phenolic OH excluding ortho intramolecular Hbond substituents is 1. The predicted molar refractivity (Wildman–Crippen MR) is 139 cm³/mol. The molecule has 4 rings (SSSR count). The van der Waals surface area contributed by atoms with Gasteiger partial charge in [-0.25, -0.2) is 0 Å². The first-order valence-electron chi connectivity index (χ1n) is 12.8. The van der Waals surface area contributed by atoms with Crippen molar-refractivity contribution in [3.63, 3.8) is 0 Å². The summed E-state index contributed by atoms with van der Waals surface area (Å²) in [7, 11) is 3.17. The van der Waals surface area contributed by atoms with Crippen LogP contribution in [-0.2, 0) is 25.6 Å². The molecular weight excluding hydrogens is 506 g/mol. The van der Waals surface area contributed by atoms with Gasteiger partial charge in [-0.05, 0) is 76.9 Å². The number of primary amides is 1. The van der Waals surface area contributed by atoms with Crippen LogP contribution in [0.5, 0.6) is 5.75 Å². The number of nitrogens with one attached hydrogen (secondary N) is 1. The van der Waals surface area contributed by atoms with Crippen molar-refractivity contribution in [2.75, 3.05) is 14.1 Å². The maximum atomic E-state index is 13.8. The summed E-state index contributed by atoms with van der Waals surface area (Å²) in [5.74, 6) is -9.94. The highest BCUT2D eigenvalue weighted by Crippen LogP contribution is 2.51. The van der Waals surface area contributed by atoms with Crippen molar-refractivity contribution in [1.82, 2.24) is 10.2 Å². The molecule has 1 aromatic carbocycles. The molecular formula is C28H35N3O8. The molecule has 11 heteroatoms. The smallest absolute Gasteiger partial charge is 0.244 e. The minimum Gasteiger partial charge on any atom is -0.507 e. The Hall–Kier alpha value is -3.41. The number of carbonyl (C=O) groups excluding carboxylic acids is 5. The fourth-order valence-corrected chi connectivity index (χ4v) is 6.58. The number of benzene rings is 1. The Bertz CT molecular complexity index is 1300. The quantitative estimate of drug-likeness (QED) is 0.249. The number of aliphatic hydroxyl groups excluding tert-OH is 1. The highest BCUT2D eigenvalue weighted by molar-refractivity contribution is 6.25. The van der Waals surface area contributed by atoms with Gasteiger partial charge in [0.15, 0.2) is 23.0 Å². The predicted octanol–water partition coefficient (Wildman–Crippen LogP) is -0.413. The van der Waals surface area contributed by atoms with Gasteiger partial charge in [0.2, 0.25) is 11.8 Å². The van der Waals surface area contributed by atoms with Gasteiger partial charge in [-0.1, -0.05) is 6.07 Å². The Kier molecular flexibility index (Phi) is 7.08. The Morgan fingerprint density at radius 1 is 1.15 bits per heavy atom. The van der Waals surface area contributed by atoms with E-state index in [9.17, 15) is 39.3 Å². The van der Waals surface area contributed by atoms with Gasteiger partial charge in [-0.2, -0.15) is 0 Å². The van der Waals surface area contributed by atoms with Crippen molar-refractivity contribution in [3.05, 3.63) is 34.9 Å². The average Bonchev–Trinajstić information content (AvgIpc) is 2.79. The number of hydrogen-bond acceptors (Lipinski definition) is 9. The van der Waals surface area contributed by atoms with Crippen molar-refractivity contribution in [3.8, 4) is 5.75 Å². The van der Waals surface area contributed by atoms with E-state index in [1.807, 2.05) is 20.8 Å². The summed E-state index contributed by atoms with van der Waals surface area (Å²) in [5.41, 5.74) is 3.05. The lowest BCUT2D eigenvalue weighted by atomic mass is 9.52. The van der Waals surface area contributed by atoms with Crippen LogP contribution >= 0.6 is 0 Å². The first kappa shape index (κ1) is 28.6. The third-order valence-corrected chi connectivity index (χ3v) is 8.12. The Labute approximate surface area is 226 Å². The van der Waals surface area contributed by atoms with Gasteiger partial charge in [0.25, 0.3) is 0 Å². The number of hydrogen-bond donors (Lipinski definition) is 5. The van der Waals surface area contributed by atoms with E-state index in [2.05, 4.69) is 5.32 Å². The normalized spacial score (nSPS) is 32.6. The maximum absolute atomic E-state index is 13.8. The second kappa shape index (κ2) is 9.65. The molecule has 0 spiro atoms. The number of Topliss-reactive ketones (excluding diaryl/α,β-unsaturated/α-hetero) is 3. The number of carbonyl (C=O) groups is 5. The largest absolute Gasteiger partial charge is 0.507 e. The molecule has 0 radical (unpaired) electrons. The topological polar surface area (TPSA) is 187 Å². The molecule has 11 nitrogen and oxygen atoms in total. The van der Waals surface area contributed by atoms with E-state index in [-0.39, 0.29) is 30.1 Å². The monoisotopic (exact) mass is 541 g/mol. The van der Waals surface area contributed by atoms with E-state index >= 15 is 0 Å². The van der Waals surface area contributed by atoms with Crippen LogP contribution in [-0.4, -0.2) is 86.8 Å². The fourth-order valence-electron chi connectivity index (χ4n) is 6.58. The molecule has 0 bridgehead atoms. The van der Waals surface area contributed by atoms with Crippen LogP contribution in [0, 0.1) is 23.7 Å². The van der Waals surface area contributed by atoms with Crippen LogP contribution in [0.2, 0.25) is 0 Å². The summed E-state index contributed by atoms with van der Waals surface area (Å²) in [5, 5.41) is 36.0. The molecule has 3 aliphatic rings. The van der Waals surface area contributed by atoms with Gasteiger partial charge in [0.05, 0.1) is 17.6 Å². The number of nitrogens with zero attached hydrogens (tertiary/aromatic N) is 1. The molecule has 1 aromatic rings. The molecule has 3 unspecified atom stereocenters. The molecule has 39 heavy (non-hydrogen) atoms. The first-order valence-corrected chi connectivity index (χ1v) is 12.8.